The topological polar surface area (TPSA) is 64.3 Å². The van der Waals surface area contributed by atoms with E-state index in [9.17, 15) is 4.79 Å². The average molecular weight is 142 g/mol. The van der Waals surface area contributed by atoms with Crippen LogP contribution in [-0.2, 0) is 4.79 Å². The Kier molecular flexibility index (Phi) is 4.25. The number of rotatable bonds is 3. The molecule has 0 fully saturated rings. The molecular weight excluding hydrogens is 132 g/mol. The Bertz CT molecular complexity index is 150. The fourth-order valence-corrected chi connectivity index (χ4v) is 0.463. The summed E-state index contributed by atoms with van der Waals surface area (Å²) in [5.74, 6) is -0.352. The highest BCUT2D eigenvalue weighted by molar-refractivity contribution is 5.76. The van der Waals surface area contributed by atoms with E-state index >= 15 is 0 Å². The third kappa shape index (κ3) is 3.05. The zero-order valence-electron chi connectivity index (χ0n) is 5.87. The van der Waals surface area contributed by atoms with Crippen molar-refractivity contribution in [1.29, 1.82) is 5.26 Å². The molecule has 0 aromatic carbocycles. The van der Waals surface area contributed by atoms with E-state index in [0.717, 1.165) is 0 Å². The molecule has 0 saturated carbocycles. The molecule has 56 valence electrons. The fourth-order valence-electron chi connectivity index (χ4n) is 0.463. The minimum absolute atomic E-state index is 0.308. The highest BCUT2D eigenvalue weighted by atomic mass is 16.3. The maximum absolute atomic E-state index is 10.6. The van der Waals surface area contributed by atoms with Gasteiger partial charge >= 0.3 is 0 Å². The van der Waals surface area contributed by atoms with Gasteiger partial charge in [-0.05, 0) is 0 Å². The predicted octanol–water partition coefficient (Wildman–Crippen LogP) is -0.649. The number of nitriles is 1. The van der Waals surface area contributed by atoms with Gasteiger partial charge in [-0.2, -0.15) is 5.26 Å². The van der Waals surface area contributed by atoms with Crippen molar-refractivity contribution < 1.29 is 9.90 Å². The molecule has 4 nitrogen and oxygen atoms in total. The number of nitrogens with zero attached hydrogens (tertiary/aromatic N) is 2. The Hall–Kier alpha value is -1.08. The second-order valence-electron chi connectivity index (χ2n) is 1.88. The Morgan fingerprint density at radius 3 is 2.80 bits per heavy atom. The highest BCUT2D eigenvalue weighted by Crippen LogP contribution is 1.85. The van der Waals surface area contributed by atoms with Gasteiger partial charge in [-0.1, -0.05) is 0 Å². The Morgan fingerprint density at radius 2 is 2.40 bits per heavy atom. The van der Waals surface area contributed by atoms with Crippen LogP contribution in [0.15, 0.2) is 0 Å². The quantitative estimate of drug-likeness (QED) is 0.569. The van der Waals surface area contributed by atoms with Crippen molar-refractivity contribution in [3.05, 3.63) is 0 Å². The van der Waals surface area contributed by atoms with E-state index in [-0.39, 0.29) is 5.91 Å². The average Bonchev–Trinajstić information content (AvgIpc) is 1.98. The number of amides is 1. The molecule has 10 heavy (non-hydrogen) atoms. The molecular formula is C6H10N2O2. The Balaban J connectivity index is 3.53. The van der Waals surface area contributed by atoms with E-state index in [1.807, 2.05) is 6.07 Å². The van der Waals surface area contributed by atoms with Gasteiger partial charge in [0.15, 0.2) is 0 Å². The van der Waals surface area contributed by atoms with E-state index in [1.54, 1.807) is 7.05 Å². The summed E-state index contributed by atoms with van der Waals surface area (Å²) in [5.41, 5.74) is 0. The highest BCUT2D eigenvalue weighted by Gasteiger charge is 2.04. The van der Waals surface area contributed by atoms with Crippen LogP contribution >= 0.6 is 0 Å². The largest absolute Gasteiger partial charge is 0.387 e. The van der Waals surface area contributed by atoms with Crippen molar-refractivity contribution in [1.82, 2.24) is 4.90 Å². The molecule has 0 saturated heterocycles. The summed E-state index contributed by atoms with van der Waals surface area (Å²) < 4.78 is 0. The number of aliphatic hydroxyl groups is 1. The molecule has 0 unspecified atom stereocenters. The lowest BCUT2D eigenvalue weighted by molar-refractivity contribution is -0.132. The van der Waals surface area contributed by atoms with Crippen LogP contribution in [-0.4, -0.2) is 36.1 Å². The lowest BCUT2D eigenvalue weighted by atomic mass is 10.4. The predicted molar refractivity (Wildman–Crippen MR) is 35.0 cm³/mol. The molecule has 0 radical (unpaired) electrons. The molecule has 0 aliphatic carbocycles. The first-order valence-corrected chi connectivity index (χ1v) is 2.94. The van der Waals surface area contributed by atoms with Gasteiger partial charge < -0.3 is 10.0 Å². The number of aliphatic hydroxyl groups excluding tert-OH is 1. The molecule has 0 heterocycles. The van der Waals surface area contributed by atoms with E-state index in [1.165, 1.54) is 4.90 Å². The van der Waals surface area contributed by atoms with Gasteiger partial charge in [0.1, 0.15) is 6.61 Å². The minimum Gasteiger partial charge on any atom is -0.387 e. The van der Waals surface area contributed by atoms with Crippen molar-refractivity contribution in [3.8, 4) is 6.07 Å². The van der Waals surface area contributed by atoms with Gasteiger partial charge in [0.2, 0.25) is 5.91 Å². The van der Waals surface area contributed by atoms with Crippen LogP contribution in [0.2, 0.25) is 0 Å². The first kappa shape index (κ1) is 8.92. The van der Waals surface area contributed by atoms with Crippen LogP contribution in [0.3, 0.4) is 0 Å². The molecule has 0 rings (SSSR count). The summed E-state index contributed by atoms with van der Waals surface area (Å²) in [5, 5.41) is 16.4. The standard InChI is InChI=1S/C6H10N2O2/c1-8(4-2-3-7)6(10)5-9/h9H,2,4-5H2,1H3. The maximum atomic E-state index is 10.6. The van der Waals surface area contributed by atoms with Crippen LogP contribution in [0.25, 0.3) is 0 Å². The van der Waals surface area contributed by atoms with Crippen LogP contribution in [0.4, 0.5) is 0 Å². The maximum Gasteiger partial charge on any atom is 0.248 e. The van der Waals surface area contributed by atoms with E-state index < -0.39 is 6.61 Å². The number of hydrogen-bond donors (Lipinski definition) is 1. The van der Waals surface area contributed by atoms with Gasteiger partial charge in [-0.3, -0.25) is 4.79 Å². The van der Waals surface area contributed by atoms with Crippen molar-refractivity contribution in [2.24, 2.45) is 0 Å². The third-order valence-corrected chi connectivity index (χ3v) is 1.12. The minimum atomic E-state index is -0.484. The fraction of sp³-hybridized carbons (Fsp3) is 0.667. The lowest BCUT2D eigenvalue weighted by Crippen LogP contribution is -2.29. The van der Waals surface area contributed by atoms with E-state index in [2.05, 4.69) is 0 Å². The zero-order valence-corrected chi connectivity index (χ0v) is 5.87. The second-order valence-corrected chi connectivity index (χ2v) is 1.88. The van der Waals surface area contributed by atoms with Crippen molar-refractivity contribution in [2.45, 2.75) is 6.42 Å². The summed E-state index contributed by atoms with van der Waals surface area (Å²) in [6, 6.07) is 1.90. The molecule has 1 N–H and O–H groups in total. The van der Waals surface area contributed by atoms with Crippen molar-refractivity contribution >= 4 is 5.91 Å². The van der Waals surface area contributed by atoms with Crippen molar-refractivity contribution in [3.63, 3.8) is 0 Å². The smallest absolute Gasteiger partial charge is 0.248 e. The monoisotopic (exact) mass is 142 g/mol. The second kappa shape index (κ2) is 4.77. The zero-order chi connectivity index (χ0) is 7.98. The summed E-state index contributed by atoms with van der Waals surface area (Å²) in [7, 11) is 1.55. The molecule has 0 aromatic rings. The molecule has 0 bridgehead atoms. The van der Waals surface area contributed by atoms with Gasteiger partial charge in [0.05, 0.1) is 12.5 Å². The summed E-state index contributed by atoms with van der Waals surface area (Å²) in [4.78, 5) is 11.9. The van der Waals surface area contributed by atoms with Gasteiger partial charge in [0.25, 0.3) is 0 Å². The van der Waals surface area contributed by atoms with Crippen LogP contribution in [0.5, 0.6) is 0 Å². The summed E-state index contributed by atoms with van der Waals surface area (Å²) >= 11 is 0. The molecule has 0 atom stereocenters. The number of hydrogen-bond acceptors (Lipinski definition) is 3. The Labute approximate surface area is 59.7 Å². The molecule has 4 heteroatoms. The normalized spacial score (nSPS) is 8.50. The van der Waals surface area contributed by atoms with Gasteiger partial charge in [-0.15, -0.1) is 0 Å². The molecule has 0 aliphatic heterocycles. The SMILES string of the molecule is CN(CCC#N)C(=O)CO. The summed E-state index contributed by atoms with van der Waals surface area (Å²) in [6.45, 7) is -0.0994. The number of carbonyl (C=O) groups is 1. The first-order valence-electron chi connectivity index (χ1n) is 2.94. The van der Waals surface area contributed by atoms with E-state index in [4.69, 9.17) is 10.4 Å². The lowest BCUT2D eigenvalue weighted by Gasteiger charge is -2.12. The first-order chi connectivity index (χ1) is 4.72. The molecule has 0 aliphatic rings. The third-order valence-electron chi connectivity index (χ3n) is 1.12. The van der Waals surface area contributed by atoms with Gasteiger partial charge in [0, 0.05) is 13.6 Å². The van der Waals surface area contributed by atoms with E-state index in [0.29, 0.717) is 13.0 Å². The Morgan fingerprint density at radius 1 is 1.80 bits per heavy atom. The van der Waals surface area contributed by atoms with Crippen LogP contribution in [0.1, 0.15) is 6.42 Å². The van der Waals surface area contributed by atoms with Crippen molar-refractivity contribution in [2.75, 3.05) is 20.2 Å². The van der Waals surface area contributed by atoms with Crippen LogP contribution in [0, 0.1) is 11.3 Å². The molecule has 1 amide bonds. The van der Waals surface area contributed by atoms with Crippen LogP contribution < -0.4 is 0 Å². The molecule has 0 aromatic heterocycles. The summed E-state index contributed by atoms with van der Waals surface area (Å²) in [6.07, 6.45) is 0.308. The number of carbonyl (C=O) groups excluding carboxylic acids is 1. The van der Waals surface area contributed by atoms with Gasteiger partial charge in [-0.25, -0.2) is 0 Å². The molecule has 0 spiro atoms. The number of likely N-dealkylation sites (N-methyl/N-ethyl adjacent to an activating group) is 1.